The van der Waals surface area contributed by atoms with Crippen molar-refractivity contribution in [2.75, 3.05) is 5.88 Å². The Hall–Kier alpha value is -3.15. The predicted octanol–water partition coefficient (Wildman–Crippen LogP) is 5.01. The molecule has 0 heterocycles. The van der Waals surface area contributed by atoms with Crippen molar-refractivity contribution in [1.82, 2.24) is 0 Å². The molecule has 3 rings (SSSR count). The Kier molecular flexibility index (Phi) is 6.87. The molecule has 1 N–H and O–H groups in total. The lowest BCUT2D eigenvalue weighted by molar-refractivity contribution is 0.0681. The van der Waals surface area contributed by atoms with E-state index >= 15 is 0 Å². The normalized spacial score (nSPS) is 11.6. The molecule has 1 unspecified atom stereocenters. The summed E-state index contributed by atoms with van der Waals surface area (Å²) in [5.41, 5.74) is 2.98. The first kappa shape index (κ1) is 21.6. The van der Waals surface area contributed by atoms with Gasteiger partial charge in [0.2, 0.25) is 0 Å². The van der Waals surface area contributed by atoms with Crippen molar-refractivity contribution in [3.8, 4) is 11.5 Å². The first-order valence-corrected chi connectivity index (χ1v) is 9.86. The van der Waals surface area contributed by atoms with Gasteiger partial charge in [-0.3, -0.25) is 0 Å². The molecule has 0 saturated heterocycles. The van der Waals surface area contributed by atoms with Crippen LogP contribution < -0.4 is 9.47 Å². The van der Waals surface area contributed by atoms with Crippen molar-refractivity contribution in [3.63, 3.8) is 0 Å². The third-order valence-corrected chi connectivity index (χ3v) is 4.70. The Morgan fingerprint density at radius 1 is 0.833 bits per heavy atom. The molecular weight excluding hydrogens is 404 g/mol. The van der Waals surface area contributed by atoms with Gasteiger partial charge in [-0.2, -0.15) is 0 Å². The molecule has 0 aliphatic heterocycles. The minimum atomic E-state index is -0.954. The van der Waals surface area contributed by atoms with E-state index < -0.39 is 18.0 Å². The summed E-state index contributed by atoms with van der Waals surface area (Å²) in [5, 5.41) is 10.0. The monoisotopic (exact) mass is 424 g/mol. The van der Waals surface area contributed by atoms with Crippen LogP contribution in [0.15, 0.2) is 66.7 Å². The van der Waals surface area contributed by atoms with E-state index in [1.165, 1.54) is 12.1 Å². The molecule has 1 atom stereocenters. The number of alkyl halides is 1. The van der Waals surface area contributed by atoms with Gasteiger partial charge < -0.3 is 14.6 Å². The van der Waals surface area contributed by atoms with Crippen molar-refractivity contribution in [3.05, 3.63) is 94.5 Å². The van der Waals surface area contributed by atoms with Crippen LogP contribution in [0.3, 0.4) is 0 Å². The number of aliphatic hydroxyl groups excluding tert-OH is 1. The molecule has 0 radical (unpaired) electrons. The van der Waals surface area contributed by atoms with Crippen molar-refractivity contribution in [1.29, 1.82) is 0 Å². The average Bonchev–Trinajstić information content (AvgIpc) is 2.74. The lowest BCUT2D eigenvalue weighted by Gasteiger charge is -2.14. The topological polar surface area (TPSA) is 72.8 Å². The summed E-state index contributed by atoms with van der Waals surface area (Å²) in [5.74, 6) is -1.15. The average molecular weight is 425 g/mol. The number of aliphatic hydroxyl groups is 1. The van der Waals surface area contributed by atoms with Crippen molar-refractivity contribution >= 4 is 23.5 Å². The Morgan fingerprint density at radius 3 is 1.87 bits per heavy atom. The molecule has 0 amide bonds. The molecule has 0 fully saturated rings. The van der Waals surface area contributed by atoms with Crippen LogP contribution in [0.25, 0.3) is 0 Å². The highest BCUT2D eigenvalue weighted by Crippen LogP contribution is 2.32. The van der Waals surface area contributed by atoms with Gasteiger partial charge in [-0.05, 0) is 55.8 Å². The van der Waals surface area contributed by atoms with Gasteiger partial charge in [0.05, 0.1) is 23.1 Å². The molecule has 0 bridgehead atoms. The van der Waals surface area contributed by atoms with Gasteiger partial charge in [0, 0.05) is 0 Å². The van der Waals surface area contributed by atoms with Gasteiger partial charge in [-0.1, -0.05) is 41.5 Å². The Bertz CT molecular complexity index is 1080. The fraction of sp³-hybridized carbons (Fsp3) is 0.167. The van der Waals surface area contributed by atoms with Gasteiger partial charge in [-0.25, -0.2) is 9.59 Å². The zero-order chi connectivity index (χ0) is 21.7. The lowest BCUT2D eigenvalue weighted by atomic mass is 10.1. The van der Waals surface area contributed by atoms with Gasteiger partial charge >= 0.3 is 11.9 Å². The molecule has 0 spiro atoms. The number of carbonyl (C=O) groups excluding carboxylic acids is 2. The Balaban J connectivity index is 1.92. The van der Waals surface area contributed by atoms with E-state index in [2.05, 4.69) is 0 Å². The van der Waals surface area contributed by atoms with E-state index in [1.54, 1.807) is 42.5 Å². The summed E-state index contributed by atoms with van der Waals surface area (Å²) >= 11 is 5.73. The van der Waals surface area contributed by atoms with E-state index in [-0.39, 0.29) is 17.4 Å². The molecule has 0 aliphatic rings. The fourth-order valence-electron chi connectivity index (χ4n) is 2.85. The highest BCUT2D eigenvalue weighted by atomic mass is 35.5. The molecular formula is C24H21ClO5. The summed E-state index contributed by atoms with van der Waals surface area (Å²) in [7, 11) is 0. The van der Waals surface area contributed by atoms with E-state index in [4.69, 9.17) is 21.1 Å². The minimum absolute atomic E-state index is 0.0178. The zero-order valence-corrected chi connectivity index (χ0v) is 17.3. The third kappa shape index (κ3) is 5.26. The molecule has 5 nitrogen and oxygen atoms in total. The molecule has 0 saturated carbocycles. The maximum absolute atomic E-state index is 12.6. The van der Waals surface area contributed by atoms with E-state index in [0.29, 0.717) is 16.7 Å². The van der Waals surface area contributed by atoms with Gasteiger partial charge in [0.1, 0.15) is 0 Å². The molecule has 6 heteroatoms. The van der Waals surface area contributed by atoms with Gasteiger partial charge in [0.25, 0.3) is 0 Å². The molecule has 30 heavy (non-hydrogen) atoms. The van der Waals surface area contributed by atoms with Crippen LogP contribution in [-0.4, -0.2) is 22.9 Å². The number of carbonyl (C=O) groups is 2. The highest BCUT2D eigenvalue weighted by Gasteiger charge is 2.19. The van der Waals surface area contributed by atoms with Crippen LogP contribution in [0.2, 0.25) is 0 Å². The maximum Gasteiger partial charge on any atom is 0.343 e. The maximum atomic E-state index is 12.6. The van der Waals surface area contributed by atoms with Crippen LogP contribution >= 0.6 is 11.6 Å². The smallest absolute Gasteiger partial charge is 0.343 e. The quantitative estimate of drug-likeness (QED) is 0.342. The minimum Gasteiger partial charge on any atom is -0.419 e. The zero-order valence-electron chi connectivity index (χ0n) is 16.6. The summed E-state index contributed by atoms with van der Waals surface area (Å²) < 4.78 is 11.0. The number of esters is 2. The number of benzene rings is 3. The summed E-state index contributed by atoms with van der Waals surface area (Å²) in [4.78, 5) is 25.2. The molecule has 3 aromatic rings. The fourth-order valence-corrected chi connectivity index (χ4v) is 3.02. The second kappa shape index (κ2) is 9.57. The second-order valence-corrected chi connectivity index (χ2v) is 7.20. The Morgan fingerprint density at radius 2 is 1.37 bits per heavy atom. The standard InChI is InChI=1S/C24H21ClO5/c1-15-5-3-7-18(11-15)23(27)29-21-10-9-17(20(26)14-25)13-22(21)30-24(28)19-8-4-6-16(2)12-19/h3-13,20,26H,14H2,1-2H3. The second-order valence-electron chi connectivity index (χ2n) is 6.89. The largest absolute Gasteiger partial charge is 0.419 e. The van der Waals surface area contributed by atoms with Crippen molar-refractivity contribution in [2.24, 2.45) is 0 Å². The number of ether oxygens (including phenoxy) is 2. The number of halogens is 1. The summed E-state index contributed by atoms with van der Waals surface area (Å²) in [6.45, 7) is 3.73. The van der Waals surface area contributed by atoms with Crippen LogP contribution in [-0.2, 0) is 0 Å². The lowest BCUT2D eigenvalue weighted by Crippen LogP contribution is -2.13. The predicted molar refractivity (Wildman–Crippen MR) is 114 cm³/mol. The first-order chi connectivity index (χ1) is 14.4. The van der Waals surface area contributed by atoms with Crippen LogP contribution in [0, 0.1) is 13.8 Å². The van der Waals surface area contributed by atoms with Crippen molar-refractivity contribution in [2.45, 2.75) is 20.0 Å². The Labute approximate surface area is 179 Å². The molecule has 154 valence electrons. The molecule has 3 aromatic carbocycles. The van der Waals surface area contributed by atoms with E-state index in [9.17, 15) is 14.7 Å². The summed E-state index contributed by atoms with van der Waals surface area (Å²) in [6, 6.07) is 18.4. The van der Waals surface area contributed by atoms with Gasteiger partial charge in [0.15, 0.2) is 11.5 Å². The number of hydrogen-bond acceptors (Lipinski definition) is 5. The van der Waals surface area contributed by atoms with Crippen LogP contribution in [0.4, 0.5) is 0 Å². The molecule has 0 aliphatic carbocycles. The summed E-state index contributed by atoms with van der Waals surface area (Å²) in [6.07, 6.45) is -0.954. The van der Waals surface area contributed by atoms with Crippen LogP contribution in [0.1, 0.15) is 43.5 Å². The van der Waals surface area contributed by atoms with Gasteiger partial charge in [-0.15, -0.1) is 11.6 Å². The number of hydrogen-bond donors (Lipinski definition) is 1. The van der Waals surface area contributed by atoms with Crippen LogP contribution in [0.5, 0.6) is 11.5 Å². The SMILES string of the molecule is Cc1cccc(C(=O)Oc2ccc(C(O)CCl)cc2OC(=O)c2cccc(C)c2)c1. The molecule has 0 aromatic heterocycles. The van der Waals surface area contributed by atoms with E-state index in [1.807, 2.05) is 26.0 Å². The first-order valence-electron chi connectivity index (χ1n) is 9.33. The van der Waals surface area contributed by atoms with Crippen molar-refractivity contribution < 1.29 is 24.2 Å². The third-order valence-electron chi connectivity index (χ3n) is 4.41. The number of rotatable bonds is 6. The number of aryl methyl sites for hydroxylation is 2. The van der Waals surface area contributed by atoms with E-state index in [0.717, 1.165) is 11.1 Å². The highest BCUT2D eigenvalue weighted by molar-refractivity contribution is 6.18.